The van der Waals surface area contributed by atoms with Gasteiger partial charge in [-0.3, -0.25) is 4.79 Å². The molecule has 1 aromatic carbocycles. The number of nitrogens with zero attached hydrogens (tertiary/aromatic N) is 3. The number of rotatable bonds is 4. The summed E-state index contributed by atoms with van der Waals surface area (Å²) < 4.78 is 15.5. The summed E-state index contributed by atoms with van der Waals surface area (Å²) in [5, 5.41) is 3.16. The van der Waals surface area contributed by atoms with Crippen molar-refractivity contribution in [1.82, 2.24) is 14.7 Å². The van der Waals surface area contributed by atoms with Crippen molar-refractivity contribution in [2.24, 2.45) is 0 Å². The van der Waals surface area contributed by atoms with E-state index >= 15 is 0 Å². The van der Waals surface area contributed by atoms with Crippen LogP contribution < -0.4 is 10.2 Å². The molecule has 134 valence electrons. The van der Waals surface area contributed by atoms with Gasteiger partial charge in [-0.2, -0.15) is 0 Å². The first-order chi connectivity index (χ1) is 12.6. The lowest BCUT2D eigenvalue weighted by Gasteiger charge is -2.19. The molecule has 0 aliphatic carbocycles. The molecule has 26 heavy (non-hydrogen) atoms. The first kappa shape index (κ1) is 16.8. The second-order valence-electron chi connectivity index (χ2n) is 6.47. The second kappa shape index (κ2) is 6.96. The Balaban J connectivity index is 1.35. The Kier molecular flexibility index (Phi) is 4.51. The van der Waals surface area contributed by atoms with Crippen molar-refractivity contribution in [2.45, 2.75) is 18.9 Å². The van der Waals surface area contributed by atoms with E-state index in [2.05, 4.69) is 15.2 Å². The lowest BCUT2D eigenvalue weighted by molar-refractivity contribution is -0.121. The van der Waals surface area contributed by atoms with Gasteiger partial charge in [-0.05, 0) is 36.8 Å². The molecule has 1 N–H and O–H groups in total. The van der Waals surface area contributed by atoms with E-state index < -0.39 is 5.82 Å². The number of amides is 1. The van der Waals surface area contributed by atoms with Gasteiger partial charge in [-0.25, -0.2) is 9.37 Å². The maximum Gasteiger partial charge on any atom is 0.226 e. The van der Waals surface area contributed by atoms with Gasteiger partial charge < -0.3 is 14.6 Å². The molecule has 1 fully saturated rings. The van der Waals surface area contributed by atoms with E-state index in [9.17, 15) is 9.18 Å². The van der Waals surface area contributed by atoms with Crippen LogP contribution in [0.15, 0.2) is 48.8 Å². The molecular weight excluding hydrogens is 355 g/mol. The number of imidazole rings is 1. The zero-order valence-electron chi connectivity index (χ0n) is 14.0. The normalized spacial score (nSPS) is 17.0. The largest absolute Gasteiger partial charge is 0.369 e. The zero-order valence-corrected chi connectivity index (χ0v) is 14.8. The molecule has 0 saturated carbocycles. The molecule has 4 rings (SSSR count). The second-order valence-corrected chi connectivity index (χ2v) is 6.88. The predicted molar refractivity (Wildman–Crippen MR) is 99.1 cm³/mol. The van der Waals surface area contributed by atoms with Crippen LogP contribution in [0, 0.1) is 5.82 Å². The topological polar surface area (TPSA) is 49.6 Å². The third kappa shape index (κ3) is 3.51. The molecule has 3 aromatic rings. The van der Waals surface area contributed by atoms with Crippen LogP contribution in [0.3, 0.4) is 0 Å². The molecule has 0 radical (unpaired) electrons. The predicted octanol–water partition coefficient (Wildman–Crippen LogP) is 3.06. The van der Waals surface area contributed by atoms with Crippen LogP contribution in [-0.4, -0.2) is 34.4 Å². The average Bonchev–Trinajstić information content (AvgIpc) is 3.23. The van der Waals surface area contributed by atoms with E-state index in [0.29, 0.717) is 6.54 Å². The SMILES string of the molecule is O=C(Cc1cn2ccccc2n1)NC1CCN(c2ccc(Cl)c(F)c2)C1. The minimum atomic E-state index is -0.427. The average molecular weight is 373 g/mol. The van der Waals surface area contributed by atoms with E-state index in [4.69, 9.17) is 11.6 Å². The van der Waals surface area contributed by atoms with Crippen LogP contribution in [0.25, 0.3) is 5.65 Å². The first-order valence-electron chi connectivity index (χ1n) is 8.50. The van der Waals surface area contributed by atoms with Crippen LogP contribution in [0.1, 0.15) is 12.1 Å². The number of aromatic nitrogens is 2. The van der Waals surface area contributed by atoms with Gasteiger partial charge in [0, 0.05) is 37.2 Å². The van der Waals surface area contributed by atoms with Gasteiger partial charge in [0.15, 0.2) is 0 Å². The van der Waals surface area contributed by atoms with Gasteiger partial charge in [0.05, 0.1) is 17.1 Å². The van der Waals surface area contributed by atoms with Crippen LogP contribution in [-0.2, 0) is 11.2 Å². The third-order valence-corrected chi connectivity index (χ3v) is 4.88. The van der Waals surface area contributed by atoms with Crippen molar-refractivity contribution >= 4 is 28.8 Å². The van der Waals surface area contributed by atoms with E-state index in [-0.39, 0.29) is 23.4 Å². The van der Waals surface area contributed by atoms with Gasteiger partial charge in [0.2, 0.25) is 5.91 Å². The number of pyridine rings is 1. The maximum absolute atomic E-state index is 13.6. The van der Waals surface area contributed by atoms with Gasteiger partial charge in [-0.15, -0.1) is 0 Å². The van der Waals surface area contributed by atoms with Crippen molar-refractivity contribution < 1.29 is 9.18 Å². The van der Waals surface area contributed by atoms with E-state index in [1.165, 1.54) is 6.07 Å². The Morgan fingerprint density at radius 3 is 3.04 bits per heavy atom. The molecular formula is C19H18ClFN4O. The molecule has 1 unspecified atom stereocenters. The summed E-state index contributed by atoms with van der Waals surface area (Å²) in [7, 11) is 0. The minimum Gasteiger partial charge on any atom is -0.369 e. The molecule has 0 spiro atoms. The molecule has 7 heteroatoms. The van der Waals surface area contributed by atoms with Crippen LogP contribution in [0.4, 0.5) is 10.1 Å². The quantitative estimate of drug-likeness (QED) is 0.765. The molecule has 5 nitrogen and oxygen atoms in total. The standard InChI is InChI=1S/C19H18ClFN4O/c20-16-5-4-15(10-17(16)21)24-8-6-13(11-24)23-19(26)9-14-12-25-7-2-1-3-18(25)22-14/h1-5,7,10,12-13H,6,8-9,11H2,(H,23,26). The van der Waals surface area contributed by atoms with Crippen molar-refractivity contribution in [3.05, 3.63) is 65.3 Å². The van der Waals surface area contributed by atoms with Gasteiger partial charge in [0.1, 0.15) is 11.5 Å². The Bertz CT molecular complexity index is 925. The number of nitrogens with one attached hydrogen (secondary N) is 1. The highest BCUT2D eigenvalue weighted by molar-refractivity contribution is 6.30. The van der Waals surface area contributed by atoms with Crippen molar-refractivity contribution in [1.29, 1.82) is 0 Å². The minimum absolute atomic E-state index is 0.0401. The Hall–Kier alpha value is -2.60. The van der Waals surface area contributed by atoms with Crippen LogP contribution in [0.2, 0.25) is 5.02 Å². The van der Waals surface area contributed by atoms with E-state index in [1.54, 1.807) is 12.1 Å². The molecule has 1 aliphatic rings. The van der Waals surface area contributed by atoms with Gasteiger partial charge >= 0.3 is 0 Å². The van der Waals surface area contributed by atoms with Crippen molar-refractivity contribution in [2.75, 3.05) is 18.0 Å². The number of carbonyl (C=O) groups is 1. The fourth-order valence-corrected chi connectivity index (χ4v) is 3.43. The number of halogens is 2. The summed E-state index contributed by atoms with van der Waals surface area (Å²) in [6.07, 6.45) is 4.84. The first-order valence-corrected chi connectivity index (χ1v) is 8.88. The monoisotopic (exact) mass is 372 g/mol. The van der Waals surface area contributed by atoms with Crippen molar-refractivity contribution in [3.8, 4) is 0 Å². The number of hydrogen-bond acceptors (Lipinski definition) is 3. The summed E-state index contributed by atoms with van der Waals surface area (Å²) in [5.74, 6) is -0.481. The fourth-order valence-electron chi connectivity index (χ4n) is 3.31. The Labute approximate surface area is 155 Å². The zero-order chi connectivity index (χ0) is 18.1. The number of fused-ring (bicyclic) bond motifs is 1. The number of carbonyl (C=O) groups excluding carboxylic acids is 1. The van der Waals surface area contributed by atoms with Crippen LogP contribution >= 0.6 is 11.6 Å². The summed E-state index contributed by atoms with van der Waals surface area (Å²) in [4.78, 5) is 18.8. The Morgan fingerprint density at radius 2 is 2.23 bits per heavy atom. The smallest absolute Gasteiger partial charge is 0.226 e. The van der Waals surface area contributed by atoms with Crippen LogP contribution in [0.5, 0.6) is 0 Å². The van der Waals surface area contributed by atoms with E-state index in [1.807, 2.05) is 35.0 Å². The third-order valence-electron chi connectivity index (χ3n) is 4.58. The molecule has 3 heterocycles. The molecule has 1 atom stereocenters. The van der Waals surface area contributed by atoms with Gasteiger partial charge in [0.25, 0.3) is 0 Å². The van der Waals surface area contributed by atoms with Gasteiger partial charge in [-0.1, -0.05) is 17.7 Å². The number of anilines is 1. The lowest BCUT2D eigenvalue weighted by Crippen LogP contribution is -2.38. The number of benzene rings is 1. The summed E-state index contributed by atoms with van der Waals surface area (Å²) in [5.41, 5.74) is 2.35. The lowest BCUT2D eigenvalue weighted by atomic mass is 10.2. The highest BCUT2D eigenvalue weighted by atomic mass is 35.5. The Morgan fingerprint density at radius 1 is 1.35 bits per heavy atom. The number of hydrogen-bond donors (Lipinski definition) is 1. The summed E-state index contributed by atoms with van der Waals surface area (Å²) in [6.45, 7) is 1.42. The van der Waals surface area contributed by atoms with Crippen molar-refractivity contribution in [3.63, 3.8) is 0 Å². The summed E-state index contributed by atoms with van der Waals surface area (Å²) in [6, 6.07) is 10.6. The highest BCUT2D eigenvalue weighted by Gasteiger charge is 2.24. The molecule has 1 amide bonds. The molecule has 2 aromatic heterocycles. The highest BCUT2D eigenvalue weighted by Crippen LogP contribution is 2.25. The molecule has 1 aliphatic heterocycles. The molecule has 0 bridgehead atoms. The molecule has 1 saturated heterocycles. The maximum atomic E-state index is 13.6. The van der Waals surface area contributed by atoms with E-state index in [0.717, 1.165) is 30.0 Å². The fraction of sp³-hybridized carbons (Fsp3) is 0.263. The summed E-state index contributed by atoms with van der Waals surface area (Å²) >= 11 is 5.73.